The van der Waals surface area contributed by atoms with Crippen LogP contribution < -0.4 is 11.4 Å². The molecule has 0 radical (unpaired) electrons. The molecular weight excluding hydrogens is 226 g/mol. The summed E-state index contributed by atoms with van der Waals surface area (Å²) >= 11 is 0. The first-order chi connectivity index (χ1) is 8.14. The van der Waals surface area contributed by atoms with E-state index < -0.39 is 17.5 Å². The van der Waals surface area contributed by atoms with Gasteiger partial charge in [0, 0.05) is 12.6 Å². The fourth-order valence-corrected chi connectivity index (χ4v) is 2.28. The zero-order valence-electron chi connectivity index (χ0n) is 9.07. The van der Waals surface area contributed by atoms with Crippen LogP contribution in [0, 0.1) is 0 Å². The molecular formula is C10H13N3O4. The number of aliphatic hydroxyl groups excluding tert-OH is 1. The highest BCUT2D eigenvalue weighted by Gasteiger charge is 2.57. The maximum Gasteiger partial charge on any atom is 0.351 e. The monoisotopic (exact) mass is 239 g/mol. The minimum absolute atomic E-state index is 0.106. The lowest BCUT2D eigenvalue weighted by molar-refractivity contribution is -0.242. The highest BCUT2D eigenvalue weighted by atomic mass is 16.6. The Balaban J connectivity index is 1.89. The lowest BCUT2D eigenvalue weighted by atomic mass is 9.93. The molecule has 7 nitrogen and oxygen atoms in total. The smallest absolute Gasteiger partial charge is 0.351 e. The van der Waals surface area contributed by atoms with E-state index in [-0.39, 0.29) is 18.5 Å². The summed E-state index contributed by atoms with van der Waals surface area (Å²) in [6.07, 6.45) is 1.48. The summed E-state index contributed by atoms with van der Waals surface area (Å²) in [6, 6.07) is 1.54. The van der Waals surface area contributed by atoms with Crippen molar-refractivity contribution in [2.24, 2.45) is 0 Å². The zero-order valence-corrected chi connectivity index (χ0v) is 9.07. The summed E-state index contributed by atoms with van der Waals surface area (Å²) in [5, 5.41) is 9.30. The van der Waals surface area contributed by atoms with Crippen LogP contribution in [-0.4, -0.2) is 39.6 Å². The second-order valence-electron chi connectivity index (χ2n) is 4.37. The van der Waals surface area contributed by atoms with Crippen LogP contribution in [0.4, 0.5) is 5.82 Å². The van der Waals surface area contributed by atoms with E-state index in [1.807, 2.05) is 0 Å². The first kappa shape index (κ1) is 10.7. The lowest BCUT2D eigenvalue weighted by Gasteiger charge is -2.41. The molecule has 2 aliphatic rings. The number of hydrogen-bond acceptors (Lipinski definition) is 6. The average molecular weight is 239 g/mol. The molecule has 0 amide bonds. The van der Waals surface area contributed by atoms with E-state index in [0.29, 0.717) is 13.0 Å². The zero-order chi connectivity index (χ0) is 12.0. The van der Waals surface area contributed by atoms with Gasteiger partial charge in [0.1, 0.15) is 17.6 Å². The van der Waals surface area contributed by atoms with Crippen molar-refractivity contribution in [2.75, 3.05) is 18.9 Å². The van der Waals surface area contributed by atoms with E-state index in [1.165, 1.54) is 10.6 Å². The number of fused-ring (bicyclic) bond motifs is 1. The van der Waals surface area contributed by atoms with Crippen molar-refractivity contribution < 1.29 is 14.6 Å². The summed E-state index contributed by atoms with van der Waals surface area (Å²) in [6.45, 7) is 0.257. The normalized spacial score (nSPS) is 35.4. The van der Waals surface area contributed by atoms with E-state index in [4.69, 9.17) is 15.2 Å². The molecule has 1 aromatic heterocycles. The molecule has 0 aliphatic carbocycles. The summed E-state index contributed by atoms with van der Waals surface area (Å²) in [5.74, 6) is 0.181. The van der Waals surface area contributed by atoms with Crippen LogP contribution in [0.2, 0.25) is 0 Å². The van der Waals surface area contributed by atoms with Crippen molar-refractivity contribution in [3.05, 3.63) is 22.7 Å². The predicted molar refractivity (Wildman–Crippen MR) is 57.2 cm³/mol. The number of aromatic nitrogens is 2. The van der Waals surface area contributed by atoms with Crippen molar-refractivity contribution in [1.29, 1.82) is 0 Å². The Morgan fingerprint density at radius 3 is 3.06 bits per heavy atom. The summed E-state index contributed by atoms with van der Waals surface area (Å²) in [7, 11) is 0. The van der Waals surface area contributed by atoms with Crippen molar-refractivity contribution >= 4 is 5.82 Å². The van der Waals surface area contributed by atoms with Crippen LogP contribution in [0.3, 0.4) is 0 Å². The van der Waals surface area contributed by atoms with Gasteiger partial charge in [0.2, 0.25) is 0 Å². The van der Waals surface area contributed by atoms with E-state index in [9.17, 15) is 9.90 Å². The molecule has 92 valence electrons. The maximum atomic E-state index is 11.6. The van der Waals surface area contributed by atoms with Gasteiger partial charge in [-0.15, -0.1) is 0 Å². The molecule has 17 heavy (non-hydrogen) atoms. The number of hydrogen-bond donors (Lipinski definition) is 2. The Bertz CT molecular complexity index is 499. The third kappa shape index (κ3) is 1.47. The van der Waals surface area contributed by atoms with Gasteiger partial charge in [0.15, 0.2) is 0 Å². The van der Waals surface area contributed by atoms with E-state index >= 15 is 0 Å². The van der Waals surface area contributed by atoms with Gasteiger partial charge in [-0.3, -0.25) is 4.57 Å². The Kier molecular flexibility index (Phi) is 2.22. The predicted octanol–water partition coefficient (Wildman–Crippen LogP) is -1.13. The van der Waals surface area contributed by atoms with E-state index in [2.05, 4.69) is 4.98 Å². The number of nitrogen functional groups attached to an aromatic ring is 1. The van der Waals surface area contributed by atoms with Gasteiger partial charge in [-0.05, 0) is 6.07 Å². The molecule has 3 N–H and O–H groups in total. The van der Waals surface area contributed by atoms with Gasteiger partial charge >= 0.3 is 5.69 Å². The number of rotatable bonds is 2. The van der Waals surface area contributed by atoms with Gasteiger partial charge in [-0.25, -0.2) is 4.79 Å². The first-order valence-electron chi connectivity index (χ1n) is 5.39. The molecule has 2 aliphatic heterocycles. The highest BCUT2D eigenvalue weighted by molar-refractivity contribution is 5.23. The van der Waals surface area contributed by atoms with Crippen LogP contribution in [0.25, 0.3) is 0 Å². The Labute approximate surface area is 96.8 Å². The molecule has 0 spiro atoms. The summed E-state index contributed by atoms with van der Waals surface area (Å²) < 4.78 is 12.4. The first-order valence-corrected chi connectivity index (χ1v) is 5.39. The van der Waals surface area contributed by atoms with Crippen molar-refractivity contribution in [2.45, 2.75) is 24.4 Å². The molecule has 3 rings (SSSR count). The quantitative estimate of drug-likeness (QED) is 0.677. The third-order valence-electron chi connectivity index (χ3n) is 3.33. The van der Waals surface area contributed by atoms with E-state index in [0.717, 1.165) is 0 Å². The van der Waals surface area contributed by atoms with Crippen LogP contribution in [-0.2, 0) is 9.47 Å². The lowest BCUT2D eigenvalue weighted by Crippen LogP contribution is -2.58. The third-order valence-corrected chi connectivity index (χ3v) is 3.33. The van der Waals surface area contributed by atoms with Crippen molar-refractivity contribution in [3.8, 4) is 0 Å². The SMILES string of the molecule is Nc1ccn([C@H]2C[C@@H]3OC[C@]3(CO)O2)c(=O)n1. The molecule has 0 bridgehead atoms. The van der Waals surface area contributed by atoms with Gasteiger partial charge in [0.05, 0.1) is 19.3 Å². The summed E-state index contributed by atoms with van der Waals surface area (Å²) in [4.78, 5) is 15.3. The van der Waals surface area contributed by atoms with E-state index in [1.54, 1.807) is 6.20 Å². The number of nitrogens with zero attached hydrogens (tertiary/aromatic N) is 2. The summed E-state index contributed by atoms with van der Waals surface area (Å²) in [5.41, 5.74) is 4.31. The number of nitrogens with two attached hydrogens (primary N) is 1. The van der Waals surface area contributed by atoms with Gasteiger partial charge in [-0.2, -0.15) is 4.98 Å². The standard InChI is InChI=1S/C10H13N3O4/c11-7-1-2-13(9(15)12-7)8-3-6-10(4-14,17-8)5-16-6/h1-2,6,8,14H,3-5H2,(H2,11,12,15)/t6-,8+,10-/m0/s1. The number of anilines is 1. The number of aliphatic hydroxyl groups is 1. The number of ether oxygens (including phenoxy) is 2. The fraction of sp³-hybridized carbons (Fsp3) is 0.600. The molecule has 0 aromatic carbocycles. The van der Waals surface area contributed by atoms with Crippen LogP contribution in [0.15, 0.2) is 17.1 Å². The second kappa shape index (κ2) is 3.52. The second-order valence-corrected chi connectivity index (χ2v) is 4.37. The van der Waals surface area contributed by atoms with Gasteiger partial charge in [-0.1, -0.05) is 0 Å². The Morgan fingerprint density at radius 2 is 2.53 bits per heavy atom. The topological polar surface area (TPSA) is 99.6 Å². The largest absolute Gasteiger partial charge is 0.393 e. The van der Waals surface area contributed by atoms with Gasteiger partial charge < -0.3 is 20.3 Å². The maximum absolute atomic E-state index is 11.6. The molecule has 0 unspecified atom stereocenters. The van der Waals surface area contributed by atoms with Gasteiger partial charge in [0.25, 0.3) is 0 Å². The van der Waals surface area contributed by atoms with Crippen LogP contribution >= 0.6 is 0 Å². The molecule has 2 fully saturated rings. The molecule has 1 aromatic rings. The van der Waals surface area contributed by atoms with Crippen molar-refractivity contribution in [1.82, 2.24) is 9.55 Å². The molecule has 2 saturated heterocycles. The molecule has 3 heterocycles. The molecule has 3 atom stereocenters. The molecule has 7 heteroatoms. The average Bonchev–Trinajstić information content (AvgIpc) is 2.52. The minimum Gasteiger partial charge on any atom is -0.393 e. The highest BCUT2D eigenvalue weighted by Crippen LogP contribution is 2.44. The Morgan fingerprint density at radius 1 is 1.71 bits per heavy atom. The molecule has 0 saturated carbocycles. The van der Waals surface area contributed by atoms with Crippen LogP contribution in [0.5, 0.6) is 0 Å². The Hall–Kier alpha value is -1.44. The fourth-order valence-electron chi connectivity index (χ4n) is 2.28. The van der Waals surface area contributed by atoms with Crippen LogP contribution in [0.1, 0.15) is 12.6 Å². The minimum atomic E-state index is -0.647. The van der Waals surface area contributed by atoms with Crippen molar-refractivity contribution in [3.63, 3.8) is 0 Å².